The first kappa shape index (κ1) is 25.2. The van der Waals surface area contributed by atoms with Gasteiger partial charge in [-0.05, 0) is 30.2 Å². The van der Waals surface area contributed by atoms with Crippen molar-refractivity contribution < 1.29 is 26.7 Å². The van der Waals surface area contributed by atoms with Gasteiger partial charge in [0, 0.05) is 38.0 Å². The number of aliphatic imine (C=N–C) groups is 1. The van der Waals surface area contributed by atoms with E-state index in [1.165, 1.54) is 18.3 Å². The van der Waals surface area contributed by atoms with Crippen molar-refractivity contribution in [2.75, 3.05) is 26.2 Å². The van der Waals surface area contributed by atoms with Crippen LogP contribution in [0.15, 0.2) is 51.1 Å². The molecule has 1 atom stereocenters. The number of sulfonamides is 1. The standard InChI is InChI=1S/C23H23ClF2N4O4S/c1-2-5-29-35(32,33)16-9-17(25)22(18(26)10-16)14-3-6-28-21(8-14)34-15-4-7-30(13-15)19-11-27-12-20(31)23(19)24/h3,6,8-11,15,29H,2,4-5,7,12-13H2,1H3/t15-/m1/s1. The average Bonchev–Trinajstić information content (AvgIpc) is 3.27. The zero-order valence-corrected chi connectivity index (χ0v) is 20.4. The largest absolute Gasteiger partial charge is 0.472 e. The molecule has 0 amide bonds. The number of benzene rings is 1. The van der Waals surface area contributed by atoms with E-state index in [2.05, 4.69) is 14.7 Å². The van der Waals surface area contributed by atoms with Crippen LogP contribution in [0.1, 0.15) is 19.8 Å². The van der Waals surface area contributed by atoms with Crippen LogP contribution in [-0.4, -0.2) is 62.6 Å². The molecule has 0 saturated carbocycles. The Hall–Kier alpha value is -2.89. The van der Waals surface area contributed by atoms with Crippen LogP contribution in [0.2, 0.25) is 0 Å². The van der Waals surface area contributed by atoms with E-state index in [0.717, 1.165) is 12.1 Å². The van der Waals surface area contributed by atoms with Gasteiger partial charge in [-0.25, -0.2) is 26.9 Å². The molecule has 2 aliphatic heterocycles. The van der Waals surface area contributed by atoms with Crippen LogP contribution in [0, 0.1) is 11.6 Å². The number of nitrogens with zero attached hydrogens (tertiary/aromatic N) is 3. The van der Waals surface area contributed by atoms with Gasteiger partial charge in [0.1, 0.15) is 29.3 Å². The van der Waals surface area contributed by atoms with Crippen LogP contribution >= 0.6 is 11.6 Å². The summed E-state index contributed by atoms with van der Waals surface area (Å²) < 4.78 is 62.4. The molecule has 3 heterocycles. The Kier molecular flexibility index (Phi) is 7.48. The summed E-state index contributed by atoms with van der Waals surface area (Å²) in [6.07, 6.45) is 3.78. The van der Waals surface area contributed by atoms with E-state index in [0.29, 0.717) is 31.6 Å². The van der Waals surface area contributed by atoms with Crippen LogP contribution in [0.5, 0.6) is 5.88 Å². The second kappa shape index (κ2) is 10.4. The summed E-state index contributed by atoms with van der Waals surface area (Å²) in [5.74, 6) is -2.13. The number of hydrogen-bond donors (Lipinski definition) is 1. The molecule has 0 unspecified atom stereocenters. The lowest BCUT2D eigenvalue weighted by molar-refractivity contribution is -0.113. The number of Topliss-reactive ketones (excluding diaryl/α,β-unsaturated/α-hetero) is 1. The third-order valence-electron chi connectivity index (χ3n) is 5.58. The number of rotatable bonds is 8. The molecule has 0 bridgehead atoms. The van der Waals surface area contributed by atoms with Crippen LogP contribution < -0.4 is 9.46 Å². The zero-order valence-electron chi connectivity index (χ0n) is 18.8. The number of aromatic nitrogens is 1. The van der Waals surface area contributed by atoms with Crippen molar-refractivity contribution in [1.29, 1.82) is 0 Å². The highest BCUT2D eigenvalue weighted by Crippen LogP contribution is 2.31. The molecule has 2 aromatic rings. The quantitative estimate of drug-likeness (QED) is 0.569. The van der Waals surface area contributed by atoms with E-state index < -0.39 is 26.6 Å². The van der Waals surface area contributed by atoms with Gasteiger partial charge in [-0.1, -0.05) is 18.5 Å². The predicted octanol–water partition coefficient (Wildman–Crippen LogP) is 3.27. The molecular weight excluding hydrogens is 502 g/mol. The summed E-state index contributed by atoms with van der Waals surface area (Å²) >= 11 is 6.13. The van der Waals surface area contributed by atoms with Gasteiger partial charge < -0.3 is 9.64 Å². The van der Waals surface area contributed by atoms with E-state index in [1.807, 2.05) is 4.90 Å². The number of halogens is 3. The van der Waals surface area contributed by atoms with Crippen LogP contribution in [0.4, 0.5) is 8.78 Å². The second-order valence-corrected chi connectivity index (χ2v) is 10.3. The summed E-state index contributed by atoms with van der Waals surface area (Å²) in [6.45, 7) is 2.97. The molecule has 4 rings (SSSR count). The Balaban J connectivity index is 1.52. The first-order valence-electron chi connectivity index (χ1n) is 11.0. The van der Waals surface area contributed by atoms with Crippen molar-refractivity contribution in [3.8, 4) is 17.0 Å². The average molecular weight is 525 g/mol. The Bertz CT molecular complexity index is 1290. The Morgan fingerprint density at radius 2 is 2.00 bits per heavy atom. The number of allylic oxidation sites excluding steroid dienone is 1. The van der Waals surface area contributed by atoms with Crippen LogP contribution in [-0.2, 0) is 14.8 Å². The van der Waals surface area contributed by atoms with E-state index in [1.54, 1.807) is 13.1 Å². The molecule has 1 aromatic carbocycles. The number of dihydropyridines is 1. The van der Waals surface area contributed by atoms with Crippen LogP contribution in [0.3, 0.4) is 0 Å². The summed E-state index contributed by atoms with van der Waals surface area (Å²) in [7, 11) is -4.03. The van der Waals surface area contributed by atoms with Gasteiger partial charge in [0.25, 0.3) is 0 Å². The normalized spacial score (nSPS) is 18.5. The summed E-state index contributed by atoms with van der Waals surface area (Å²) in [5.41, 5.74) is 0.318. The molecule has 186 valence electrons. The second-order valence-electron chi connectivity index (χ2n) is 8.11. The fourth-order valence-electron chi connectivity index (χ4n) is 3.85. The minimum atomic E-state index is -4.03. The minimum Gasteiger partial charge on any atom is -0.472 e. The predicted molar refractivity (Wildman–Crippen MR) is 127 cm³/mol. The molecule has 0 radical (unpaired) electrons. The van der Waals surface area contributed by atoms with E-state index >= 15 is 0 Å². The number of nitrogens with one attached hydrogen (secondary N) is 1. The van der Waals surface area contributed by atoms with Gasteiger partial charge >= 0.3 is 0 Å². The van der Waals surface area contributed by atoms with Gasteiger partial charge in [-0.2, -0.15) is 0 Å². The third-order valence-corrected chi connectivity index (χ3v) is 7.43. The number of carbonyl (C=O) groups excluding carboxylic acids is 1. The zero-order chi connectivity index (χ0) is 25.2. The monoisotopic (exact) mass is 524 g/mol. The molecule has 0 spiro atoms. The SMILES string of the molecule is CCCNS(=O)(=O)c1cc(F)c(-c2ccnc(O[C@@H]3CCN(C4=C(Cl)C(=O)CN=C4)C3)c2)c(F)c1. The minimum absolute atomic E-state index is 0.0299. The third kappa shape index (κ3) is 5.52. The molecule has 1 aromatic heterocycles. The van der Waals surface area contributed by atoms with E-state index in [9.17, 15) is 22.0 Å². The molecule has 12 heteroatoms. The lowest BCUT2D eigenvalue weighted by atomic mass is 10.1. The molecule has 1 saturated heterocycles. The molecule has 1 N–H and O–H groups in total. The highest BCUT2D eigenvalue weighted by molar-refractivity contribution is 7.89. The number of ketones is 1. The number of hydrogen-bond acceptors (Lipinski definition) is 7. The molecule has 8 nitrogen and oxygen atoms in total. The summed E-state index contributed by atoms with van der Waals surface area (Å²) in [5, 5.41) is 0.141. The van der Waals surface area contributed by atoms with Crippen molar-refractivity contribution >= 4 is 33.6 Å². The van der Waals surface area contributed by atoms with Gasteiger partial charge in [0.2, 0.25) is 15.9 Å². The smallest absolute Gasteiger partial charge is 0.240 e. The topological polar surface area (TPSA) is 101 Å². The molecule has 35 heavy (non-hydrogen) atoms. The lowest BCUT2D eigenvalue weighted by Gasteiger charge is -2.22. The Labute approximate surface area is 206 Å². The van der Waals surface area contributed by atoms with Crippen molar-refractivity contribution in [3.05, 3.63) is 52.8 Å². The first-order chi connectivity index (χ1) is 16.7. The van der Waals surface area contributed by atoms with E-state index in [4.69, 9.17) is 16.3 Å². The highest BCUT2D eigenvalue weighted by atomic mass is 35.5. The van der Waals surface area contributed by atoms with Gasteiger partial charge in [0.15, 0.2) is 5.78 Å². The highest BCUT2D eigenvalue weighted by Gasteiger charge is 2.29. The maximum absolute atomic E-state index is 14.9. The summed E-state index contributed by atoms with van der Waals surface area (Å²) in [6, 6.07) is 4.38. The number of likely N-dealkylation sites (tertiary alicyclic amines) is 1. The van der Waals surface area contributed by atoms with Crippen molar-refractivity contribution in [2.24, 2.45) is 4.99 Å². The fourth-order valence-corrected chi connectivity index (χ4v) is 5.23. The summed E-state index contributed by atoms with van der Waals surface area (Å²) in [4.78, 5) is 21.4. The first-order valence-corrected chi connectivity index (χ1v) is 12.8. The number of carbonyl (C=O) groups is 1. The Morgan fingerprint density at radius 3 is 2.71 bits per heavy atom. The Morgan fingerprint density at radius 1 is 1.26 bits per heavy atom. The van der Waals surface area contributed by atoms with Gasteiger partial charge in [-0.3, -0.25) is 9.79 Å². The fraction of sp³-hybridized carbons (Fsp3) is 0.348. The molecule has 1 fully saturated rings. The number of pyridine rings is 1. The maximum Gasteiger partial charge on any atom is 0.240 e. The van der Waals surface area contributed by atoms with Crippen molar-refractivity contribution in [3.63, 3.8) is 0 Å². The number of ether oxygens (including phenoxy) is 1. The molecule has 0 aliphatic carbocycles. The van der Waals surface area contributed by atoms with Gasteiger partial charge in [-0.15, -0.1) is 0 Å². The van der Waals surface area contributed by atoms with Crippen LogP contribution in [0.25, 0.3) is 11.1 Å². The maximum atomic E-state index is 14.9. The molecular formula is C23H23ClF2N4O4S. The molecule has 2 aliphatic rings. The van der Waals surface area contributed by atoms with E-state index in [-0.39, 0.29) is 47.0 Å². The lowest BCUT2D eigenvalue weighted by Crippen LogP contribution is -2.28. The van der Waals surface area contributed by atoms with Crippen molar-refractivity contribution in [1.82, 2.24) is 14.6 Å². The van der Waals surface area contributed by atoms with Crippen molar-refractivity contribution in [2.45, 2.75) is 30.8 Å². The van der Waals surface area contributed by atoms with Gasteiger partial charge in [0.05, 0.1) is 22.7 Å².